The molecule has 3 aliphatic carbocycles. The first-order valence-corrected chi connectivity index (χ1v) is 11.4. The highest BCUT2D eigenvalue weighted by Crippen LogP contribution is 2.60. The van der Waals surface area contributed by atoms with E-state index in [1.807, 2.05) is 20.8 Å². The zero-order valence-corrected chi connectivity index (χ0v) is 18.3. The van der Waals surface area contributed by atoms with E-state index >= 15 is 0 Å². The number of rotatable bonds is 7. The summed E-state index contributed by atoms with van der Waals surface area (Å²) < 4.78 is 22.8. The van der Waals surface area contributed by atoms with Crippen molar-refractivity contribution in [3.63, 3.8) is 0 Å². The van der Waals surface area contributed by atoms with Gasteiger partial charge in [-0.2, -0.15) is 0 Å². The first kappa shape index (κ1) is 21.8. The molecule has 168 valence electrons. The lowest BCUT2D eigenvalue weighted by Crippen LogP contribution is -2.59. The van der Waals surface area contributed by atoms with Gasteiger partial charge in [0.2, 0.25) is 0 Å². The minimum absolute atomic E-state index is 0.0623. The summed E-state index contributed by atoms with van der Waals surface area (Å²) in [4.78, 5) is 38.5. The number of carbonyl (C=O) groups is 3. The predicted molar refractivity (Wildman–Crippen MR) is 106 cm³/mol. The molecule has 0 radical (unpaired) electrons. The van der Waals surface area contributed by atoms with Crippen LogP contribution in [0, 0.1) is 22.7 Å². The third kappa shape index (κ3) is 3.58. The van der Waals surface area contributed by atoms with Gasteiger partial charge in [-0.1, -0.05) is 26.2 Å². The van der Waals surface area contributed by atoms with Crippen LogP contribution in [0.4, 0.5) is 0 Å². The van der Waals surface area contributed by atoms with E-state index in [2.05, 4.69) is 0 Å². The molecule has 0 N–H and O–H groups in total. The Morgan fingerprint density at radius 3 is 2.63 bits per heavy atom. The van der Waals surface area contributed by atoms with Crippen molar-refractivity contribution in [1.82, 2.24) is 0 Å². The Kier molecular flexibility index (Phi) is 5.96. The number of ether oxygens (including phenoxy) is 4. The van der Waals surface area contributed by atoms with E-state index in [0.717, 1.165) is 25.7 Å². The van der Waals surface area contributed by atoms with Gasteiger partial charge in [-0.25, -0.2) is 0 Å². The number of fused-ring (bicyclic) bond motifs is 1. The highest BCUT2D eigenvalue weighted by molar-refractivity contribution is 6.06. The second-order valence-corrected chi connectivity index (χ2v) is 10.1. The molecule has 1 aliphatic heterocycles. The Morgan fingerprint density at radius 2 is 1.93 bits per heavy atom. The van der Waals surface area contributed by atoms with E-state index in [4.69, 9.17) is 18.9 Å². The fraction of sp³-hybridized carbons (Fsp3) is 0.870. The molecule has 2 bridgehead atoms. The topological polar surface area (TPSA) is 88.1 Å². The van der Waals surface area contributed by atoms with Gasteiger partial charge in [0.15, 0.2) is 12.6 Å². The molecule has 0 aromatic rings. The van der Waals surface area contributed by atoms with Crippen molar-refractivity contribution in [2.24, 2.45) is 22.7 Å². The van der Waals surface area contributed by atoms with Crippen molar-refractivity contribution < 1.29 is 33.3 Å². The van der Waals surface area contributed by atoms with E-state index in [-0.39, 0.29) is 43.1 Å². The maximum atomic E-state index is 13.1. The number of esters is 2. The molecule has 1 heterocycles. The molecule has 0 aromatic heterocycles. The standard InChI is InChI=1S/C23H34O7/c1-4-22(2,3)20(25)30-18-14-10-16-19(18)27-12-17(24)23(16,11-14)21(26)29-13-28-15-8-6-5-7-9-15/h14-16,18-19H,4-13H2,1-3H3. The average molecular weight is 423 g/mol. The Labute approximate surface area is 178 Å². The monoisotopic (exact) mass is 422 g/mol. The molecule has 3 saturated carbocycles. The summed E-state index contributed by atoms with van der Waals surface area (Å²) in [7, 11) is 0. The van der Waals surface area contributed by atoms with Crippen LogP contribution in [-0.2, 0) is 33.3 Å². The number of carbonyl (C=O) groups excluding carboxylic acids is 3. The van der Waals surface area contributed by atoms with Crippen LogP contribution in [0.2, 0.25) is 0 Å². The Hall–Kier alpha value is -1.47. The molecule has 7 nitrogen and oxygen atoms in total. The molecule has 0 amide bonds. The number of hydrogen-bond donors (Lipinski definition) is 0. The highest BCUT2D eigenvalue weighted by Gasteiger charge is 2.71. The quantitative estimate of drug-likeness (QED) is 0.354. The maximum Gasteiger partial charge on any atom is 0.322 e. The lowest BCUT2D eigenvalue weighted by molar-refractivity contribution is -0.205. The van der Waals surface area contributed by atoms with E-state index in [0.29, 0.717) is 19.3 Å². The van der Waals surface area contributed by atoms with Gasteiger partial charge in [0, 0.05) is 11.8 Å². The summed E-state index contributed by atoms with van der Waals surface area (Å²) in [5, 5.41) is 0. The molecule has 7 heteroatoms. The third-order valence-corrected chi connectivity index (χ3v) is 7.95. The molecule has 1 saturated heterocycles. The van der Waals surface area contributed by atoms with Gasteiger partial charge in [0.1, 0.15) is 18.1 Å². The molecule has 0 spiro atoms. The Morgan fingerprint density at radius 1 is 1.20 bits per heavy atom. The van der Waals surface area contributed by atoms with Gasteiger partial charge in [-0.05, 0) is 46.0 Å². The molecular formula is C23H34O7. The maximum absolute atomic E-state index is 13.1. The van der Waals surface area contributed by atoms with Gasteiger partial charge in [0.05, 0.1) is 17.6 Å². The number of Topliss-reactive ketones (excluding diaryl/α,β-unsaturated/α-hetero) is 1. The molecule has 4 fully saturated rings. The van der Waals surface area contributed by atoms with Crippen LogP contribution in [0.25, 0.3) is 0 Å². The second kappa shape index (κ2) is 8.23. The van der Waals surface area contributed by atoms with Gasteiger partial charge in [-0.3, -0.25) is 14.4 Å². The van der Waals surface area contributed by atoms with Crippen LogP contribution in [0.3, 0.4) is 0 Å². The van der Waals surface area contributed by atoms with Crippen LogP contribution < -0.4 is 0 Å². The van der Waals surface area contributed by atoms with Crippen LogP contribution in [0.1, 0.15) is 72.1 Å². The molecule has 5 atom stereocenters. The first-order chi connectivity index (χ1) is 14.3. The van der Waals surface area contributed by atoms with Crippen LogP contribution >= 0.6 is 0 Å². The fourth-order valence-electron chi connectivity index (χ4n) is 5.65. The molecule has 4 aliphatic rings. The predicted octanol–water partition coefficient (Wildman–Crippen LogP) is 3.18. The lowest BCUT2D eigenvalue weighted by atomic mass is 9.66. The van der Waals surface area contributed by atoms with Crippen molar-refractivity contribution >= 4 is 17.7 Å². The van der Waals surface area contributed by atoms with Gasteiger partial charge in [0.25, 0.3) is 0 Å². The molecule has 0 aromatic carbocycles. The smallest absolute Gasteiger partial charge is 0.322 e. The number of hydrogen-bond acceptors (Lipinski definition) is 7. The fourth-order valence-corrected chi connectivity index (χ4v) is 5.65. The van der Waals surface area contributed by atoms with E-state index in [1.165, 1.54) is 6.42 Å². The highest BCUT2D eigenvalue weighted by atomic mass is 16.7. The van der Waals surface area contributed by atoms with Crippen LogP contribution in [0.5, 0.6) is 0 Å². The van der Waals surface area contributed by atoms with Crippen molar-refractivity contribution in [3.8, 4) is 0 Å². The normalized spacial score (nSPS) is 36.0. The summed E-state index contributed by atoms with van der Waals surface area (Å²) in [6.07, 6.45) is 6.46. The van der Waals surface area contributed by atoms with Gasteiger partial charge >= 0.3 is 11.9 Å². The molecular weight excluding hydrogens is 388 g/mol. The second-order valence-electron chi connectivity index (χ2n) is 10.1. The zero-order valence-electron chi connectivity index (χ0n) is 18.3. The zero-order chi connectivity index (χ0) is 21.5. The van der Waals surface area contributed by atoms with Crippen LogP contribution in [0.15, 0.2) is 0 Å². The average Bonchev–Trinajstić information content (AvgIpc) is 3.30. The Bertz CT molecular complexity index is 696. The minimum atomic E-state index is -1.17. The largest absolute Gasteiger partial charge is 0.459 e. The first-order valence-electron chi connectivity index (χ1n) is 11.4. The Balaban J connectivity index is 1.40. The summed E-state index contributed by atoms with van der Waals surface area (Å²) in [6.45, 7) is 5.43. The third-order valence-electron chi connectivity index (χ3n) is 7.95. The van der Waals surface area contributed by atoms with Crippen molar-refractivity contribution in [3.05, 3.63) is 0 Å². The van der Waals surface area contributed by atoms with E-state index in [1.54, 1.807) is 0 Å². The minimum Gasteiger partial charge on any atom is -0.459 e. The summed E-state index contributed by atoms with van der Waals surface area (Å²) in [6, 6.07) is 0. The summed E-state index contributed by atoms with van der Waals surface area (Å²) in [5.74, 6) is -1.33. The van der Waals surface area contributed by atoms with Crippen LogP contribution in [-0.4, -0.2) is 49.4 Å². The van der Waals surface area contributed by atoms with E-state index in [9.17, 15) is 14.4 Å². The SMILES string of the molecule is CCC(C)(C)C(=O)OC1C2CC3C1OCC(=O)C3(C(=O)OCOC1CCCCC1)C2. The molecule has 30 heavy (non-hydrogen) atoms. The molecule has 5 unspecified atom stereocenters. The van der Waals surface area contributed by atoms with Gasteiger partial charge in [-0.15, -0.1) is 0 Å². The van der Waals surface area contributed by atoms with E-state index < -0.39 is 29.0 Å². The van der Waals surface area contributed by atoms with Crippen molar-refractivity contribution in [2.45, 2.75) is 90.4 Å². The van der Waals surface area contributed by atoms with Gasteiger partial charge < -0.3 is 18.9 Å². The summed E-state index contributed by atoms with van der Waals surface area (Å²) >= 11 is 0. The van der Waals surface area contributed by atoms with Crippen molar-refractivity contribution in [1.29, 1.82) is 0 Å². The lowest BCUT2D eigenvalue weighted by Gasteiger charge is -2.45. The van der Waals surface area contributed by atoms with Crippen molar-refractivity contribution in [2.75, 3.05) is 13.4 Å². The number of ketones is 1. The molecule has 4 rings (SSSR count). The summed E-state index contributed by atoms with van der Waals surface area (Å²) in [5.41, 5.74) is -1.74.